The van der Waals surface area contributed by atoms with Crippen molar-refractivity contribution in [1.82, 2.24) is 4.57 Å². The van der Waals surface area contributed by atoms with Crippen LogP contribution < -0.4 is 10.2 Å². The van der Waals surface area contributed by atoms with Gasteiger partial charge in [0.1, 0.15) is 11.3 Å². The Morgan fingerprint density at radius 2 is 2.13 bits per heavy atom. The maximum atomic E-state index is 12.9. The smallest absolute Gasteiger partial charge is 0.343 e. The molecule has 3 aliphatic rings. The van der Waals surface area contributed by atoms with E-state index in [-0.39, 0.29) is 23.6 Å². The van der Waals surface area contributed by atoms with Crippen molar-refractivity contribution in [1.29, 1.82) is 0 Å². The molecule has 1 fully saturated rings. The molecule has 1 unspecified atom stereocenters. The highest BCUT2D eigenvalue weighted by molar-refractivity contribution is 5.90. The molecule has 0 spiro atoms. The third-order valence-corrected chi connectivity index (χ3v) is 6.43. The number of ether oxygens (including phenoxy) is 2. The van der Waals surface area contributed by atoms with Gasteiger partial charge >= 0.3 is 5.97 Å². The molecule has 1 aliphatic carbocycles. The molecule has 1 aromatic carbocycles. The van der Waals surface area contributed by atoms with Crippen LogP contribution in [-0.4, -0.2) is 23.8 Å². The average Bonchev–Trinajstić information content (AvgIpc) is 3.44. The van der Waals surface area contributed by atoms with Gasteiger partial charge in [0.2, 0.25) is 0 Å². The summed E-state index contributed by atoms with van der Waals surface area (Å²) in [6, 6.07) is 3.91. The number of hydrogen-bond acceptors (Lipinski definition) is 4. The molecule has 160 valence electrons. The molecule has 1 aromatic heterocycles. The summed E-state index contributed by atoms with van der Waals surface area (Å²) < 4.78 is 13.2. The van der Waals surface area contributed by atoms with E-state index in [1.807, 2.05) is 0 Å². The third kappa shape index (κ3) is 3.44. The molecule has 2 aliphatic heterocycles. The van der Waals surface area contributed by atoms with Crippen molar-refractivity contribution >= 4 is 5.97 Å². The van der Waals surface area contributed by atoms with Gasteiger partial charge in [0, 0.05) is 41.8 Å². The lowest BCUT2D eigenvalue weighted by Crippen LogP contribution is -2.29. The van der Waals surface area contributed by atoms with Crippen molar-refractivity contribution in [3.8, 4) is 28.8 Å². The summed E-state index contributed by atoms with van der Waals surface area (Å²) in [6.07, 6.45) is 5.71. The lowest BCUT2D eigenvalue weighted by Gasteiger charge is -2.34. The number of fused-ring (bicyclic) bond motifs is 5. The normalized spacial score (nSPS) is 18.4. The van der Waals surface area contributed by atoms with Crippen LogP contribution >= 0.6 is 0 Å². The van der Waals surface area contributed by atoms with Gasteiger partial charge in [-0.15, -0.1) is 0 Å². The molecular formula is C26H27NO4. The summed E-state index contributed by atoms with van der Waals surface area (Å²) in [6.45, 7) is 6.96. The molecule has 5 rings (SSSR count). The molecule has 0 N–H and O–H groups in total. The number of aromatic nitrogens is 1. The first kappa shape index (κ1) is 19.9. The van der Waals surface area contributed by atoms with Gasteiger partial charge in [0.05, 0.1) is 24.5 Å². The lowest BCUT2D eigenvalue weighted by atomic mass is 9.83. The molecule has 3 heterocycles. The van der Waals surface area contributed by atoms with Crippen LogP contribution in [0, 0.1) is 23.7 Å². The van der Waals surface area contributed by atoms with Crippen LogP contribution in [0.1, 0.15) is 66.7 Å². The number of carbonyl (C=O) groups excluding carboxylic acids is 1. The largest absolute Gasteiger partial charge is 0.492 e. The molecule has 5 heteroatoms. The number of pyridine rings is 1. The molecular weight excluding hydrogens is 390 g/mol. The van der Waals surface area contributed by atoms with Gasteiger partial charge in [-0.25, -0.2) is 4.79 Å². The molecule has 0 bridgehead atoms. The number of esters is 1. The van der Waals surface area contributed by atoms with Gasteiger partial charge in [0.25, 0.3) is 0 Å². The number of rotatable bonds is 3. The molecule has 31 heavy (non-hydrogen) atoms. The highest BCUT2D eigenvalue weighted by atomic mass is 16.5. The standard InChI is InChI=1S/C26H27NO4/c1-4-30-26(29)20-14-27-21(15(2)3)12-18-11-17(8-7-16-5-6-16)25-19(9-10-31-25)24(18)22(27)13-23(20)28/h11,13-16,21H,4-6,9-10,12H2,1-3H3. The highest BCUT2D eigenvalue weighted by Gasteiger charge is 2.33. The maximum Gasteiger partial charge on any atom is 0.343 e. The summed E-state index contributed by atoms with van der Waals surface area (Å²) in [5.41, 5.74) is 5.06. The van der Waals surface area contributed by atoms with E-state index in [0.29, 0.717) is 18.4 Å². The second-order valence-electron chi connectivity index (χ2n) is 8.99. The third-order valence-electron chi connectivity index (χ3n) is 6.43. The van der Waals surface area contributed by atoms with Crippen molar-refractivity contribution < 1.29 is 14.3 Å². The summed E-state index contributed by atoms with van der Waals surface area (Å²) in [5, 5.41) is 0. The van der Waals surface area contributed by atoms with Gasteiger partial charge in [-0.2, -0.15) is 0 Å². The number of nitrogens with zero attached hydrogens (tertiary/aromatic N) is 1. The predicted octanol–water partition coefficient (Wildman–Crippen LogP) is 4.14. The van der Waals surface area contributed by atoms with Gasteiger partial charge in [-0.3, -0.25) is 4.79 Å². The second-order valence-corrected chi connectivity index (χ2v) is 8.99. The number of benzene rings is 1. The quantitative estimate of drug-likeness (QED) is 0.556. The Bertz CT molecular complexity index is 1190. The predicted molar refractivity (Wildman–Crippen MR) is 118 cm³/mol. The molecule has 2 aromatic rings. The molecule has 0 amide bonds. The Labute approximate surface area is 182 Å². The fourth-order valence-electron chi connectivity index (χ4n) is 4.69. The van der Waals surface area contributed by atoms with Gasteiger partial charge in [-0.05, 0) is 43.7 Å². The fraction of sp³-hybridized carbons (Fsp3) is 0.462. The van der Waals surface area contributed by atoms with Crippen molar-refractivity contribution in [2.24, 2.45) is 11.8 Å². The zero-order valence-corrected chi connectivity index (χ0v) is 18.3. The molecule has 5 nitrogen and oxygen atoms in total. The number of hydrogen-bond donors (Lipinski definition) is 0. The Hall–Kier alpha value is -3.00. The van der Waals surface area contributed by atoms with E-state index in [1.54, 1.807) is 19.2 Å². The summed E-state index contributed by atoms with van der Waals surface area (Å²) in [5.74, 6) is 7.89. The molecule has 0 saturated heterocycles. The van der Waals surface area contributed by atoms with Crippen molar-refractivity contribution in [2.45, 2.75) is 52.5 Å². The molecule has 0 radical (unpaired) electrons. The molecule has 1 saturated carbocycles. The van der Waals surface area contributed by atoms with Gasteiger partial charge in [0.15, 0.2) is 5.43 Å². The summed E-state index contributed by atoms with van der Waals surface area (Å²) in [4.78, 5) is 25.2. The van der Waals surface area contributed by atoms with Crippen molar-refractivity contribution in [2.75, 3.05) is 13.2 Å². The van der Waals surface area contributed by atoms with Crippen LogP contribution in [0.4, 0.5) is 0 Å². The van der Waals surface area contributed by atoms with E-state index in [1.165, 1.54) is 18.4 Å². The van der Waals surface area contributed by atoms with E-state index >= 15 is 0 Å². The first-order valence-electron chi connectivity index (χ1n) is 11.2. The first-order chi connectivity index (χ1) is 15.0. The zero-order valence-electron chi connectivity index (χ0n) is 18.3. The summed E-state index contributed by atoms with van der Waals surface area (Å²) >= 11 is 0. The monoisotopic (exact) mass is 417 g/mol. The van der Waals surface area contributed by atoms with E-state index in [2.05, 4.69) is 36.3 Å². The van der Waals surface area contributed by atoms with E-state index in [0.717, 1.165) is 41.0 Å². The highest BCUT2D eigenvalue weighted by Crippen LogP contribution is 2.45. The van der Waals surface area contributed by atoms with Crippen LogP contribution in [0.5, 0.6) is 5.75 Å². The van der Waals surface area contributed by atoms with E-state index in [4.69, 9.17) is 9.47 Å². The Morgan fingerprint density at radius 3 is 2.84 bits per heavy atom. The van der Waals surface area contributed by atoms with Crippen LogP contribution in [0.2, 0.25) is 0 Å². The van der Waals surface area contributed by atoms with Crippen LogP contribution in [0.3, 0.4) is 0 Å². The van der Waals surface area contributed by atoms with E-state index < -0.39 is 5.97 Å². The SMILES string of the molecule is CCOC(=O)c1cn2c(cc1=O)-c1c(cc(C#CC3CC3)c3c1CCO3)CC2C(C)C. The minimum absolute atomic E-state index is 0.0968. The lowest BCUT2D eigenvalue weighted by molar-refractivity contribution is 0.0523. The van der Waals surface area contributed by atoms with Gasteiger partial charge in [-0.1, -0.05) is 25.7 Å². The first-order valence-corrected chi connectivity index (χ1v) is 11.2. The van der Waals surface area contributed by atoms with E-state index in [9.17, 15) is 9.59 Å². The zero-order chi connectivity index (χ0) is 21.7. The average molecular weight is 418 g/mol. The Balaban J connectivity index is 1.71. The van der Waals surface area contributed by atoms with Crippen LogP contribution in [-0.2, 0) is 17.6 Å². The Kier molecular flexibility index (Phi) is 4.89. The molecule has 1 atom stereocenters. The van der Waals surface area contributed by atoms with Crippen molar-refractivity contribution in [3.05, 3.63) is 50.8 Å². The fourth-order valence-corrected chi connectivity index (χ4v) is 4.69. The summed E-state index contributed by atoms with van der Waals surface area (Å²) in [7, 11) is 0. The van der Waals surface area contributed by atoms with Crippen molar-refractivity contribution in [3.63, 3.8) is 0 Å². The number of carbonyl (C=O) groups is 1. The van der Waals surface area contributed by atoms with Crippen LogP contribution in [0.25, 0.3) is 11.3 Å². The van der Waals surface area contributed by atoms with Gasteiger partial charge < -0.3 is 14.0 Å². The topological polar surface area (TPSA) is 57.5 Å². The maximum absolute atomic E-state index is 12.9. The minimum Gasteiger partial charge on any atom is -0.492 e. The second kappa shape index (κ2) is 7.60. The minimum atomic E-state index is -0.560. The van der Waals surface area contributed by atoms with Crippen LogP contribution in [0.15, 0.2) is 23.1 Å². The Morgan fingerprint density at radius 1 is 1.32 bits per heavy atom.